The molecule has 0 amide bonds. The normalized spacial score (nSPS) is 17.4. The molecule has 0 aliphatic heterocycles. The highest BCUT2D eigenvalue weighted by atomic mass is 14.7. The first-order valence-electron chi connectivity index (χ1n) is 5.60. The Kier molecular flexibility index (Phi) is 3.35. The Morgan fingerprint density at radius 3 is 2.53 bits per heavy atom. The zero-order chi connectivity index (χ0) is 12.3. The van der Waals surface area contributed by atoms with Gasteiger partial charge in [-0.3, -0.25) is 4.99 Å². The summed E-state index contributed by atoms with van der Waals surface area (Å²) in [4.78, 5) is 4.21. The first-order chi connectivity index (χ1) is 8.26. The van der Waals surface area contributed by atoms with Crippen molar-refractivity contribution >= 4 is 11.3 Å². The Balaban J connectivity index is 2.36. The smallest absolute Gasteiger partial charge is 0.0643 e. The van der Waals surface area contributed by atoms with Gasteiger partial charge in [-0.05, 0) is 22.8 Å². The van der Waals surface area contributed by atoms with E-state index in [-0.39, 0.29) is 0 Å². The van der Waals surface area contributed by atoms with E-state index in [2.05, 4.69) is 29.8 Å². The number of nitrogens with two attached hydrogens (primary N) is 1. The van der Waals surface area contributed by atoms with E-state index in [1.807, 2.05) is 24.3 Å². The Morgan fingerprint density at radius 2 is 1.94 bits per heavy atom. The molecule has 2 rings (SSSR count). The van der Waals surface area contributed by atoms with Crippen LogP contribution in [-0.2, 0) is 6.54 Å². The number of allylic oxidation sites excluding steroid dienone is 5. The molecule has 0 saturated heterocycles. The van der Waals surface area contributed by atoms with Crippen molar-refractivity contribution in [3.8, 4) is 0 Å². The maximum atomic E-state index is 5.59. The Hall–Kier alpha value is -1.93. The van der Waals surface area contributed by atoms with E-state index in [0.29, 0.717) is 6.54 Å². The van der Waals surface area contributed by atoms with Gasteiger partial charge in [-0.15, -0.1) is 0 Å². The number of hydrogen-bond donors (Lipinski definition) is 1. The number of nitrogens with zero attached hydrogens (tertiary/aromatic N) is 1. The SMILES string of the molecule is C=C1C(c2ccc(CN)cc2)=CC=C/C1=N/C. The molecule has 1 aromatic rings. The second kappa shape index (κ2) is 4.93. The zero-order valence-corrected chi connectivity index (χ0v) is 9.98. The molecule has 0 heterocycles. The van der Waals surface area contributed by atoms with E-state index in [4.69, 9.17) is 5.73 Å². The van der Waals surface area contributed by atoms with Crippen molar-refractivity contribution in [2.24, 2.45) is 10.7 Å². The summed E-state index contributed by atoms with van der Waals surface area (Å²) in [7, 11) is 1.78. The van der Waals surface area contributed by atoms with Gasteiger partial charge in [-0.25, -0.2) is 0 Å². The van der Waals surface area contributed by atoms with Crippen molar-refractivity contribution in [3.63, 3.8) is 0 Å². The number of benzene rings is 1. The van der Waals surface area contributed by atoms with Crippen molar-refractivity contribution < 1.29 is 0 Å². The predicted octanol–water partition coefficient (Wildman–Crippen LogP) is 2.73. The second-order valence-electron chi connectivity index (χ2n) is 3.93. The highest BCUT2D eigenvalue weighted by Gasteiger charge is 2.12. The van der Waals surface area contributed by atoms with E-state index >= 15 is 0 Å². The minimum Gasteiger partial charge on any atom is -0.326 e. The fourth-order valence-corrected chi connectivity index (χ4v) is 1.87. The van der Waals surface area contributed by atoms with Gasteiger partial charge in [0.2, 0.25) is 0 Å². The molecule has 0 fully saturated rings. The molecule has 0 saturated carbocycles. The van der Waals surface area contributed by atoms with Crippen molar-refractivity contribution in [1.82, 2.24) is 0 Å². The van der Waals surface area contributed by atoms with E-state index in [9.17, 15) is 0 Å². The molecule has 2 nitrogen and oxygen atoms in total. The van der Waals surface area contributed by atoms with Crippen LogP contribution in [0.1, 0.15) is 11.1 Å². The lowest BCUT2D eigenvalue weighted by atomic mass is 9.91. The highest BCUT2D eigenvalue weighted by molar-refractivity contribution is 6.20. The lowest BCUT2D eigenvalue weighted by Gasteiger charge is -2.14. The zero-order valence-electron chi connectivity index (χ0n) is 9.98. The molecule has 0 atom stereocenters. The predicted molar refractivity (Wildman–Crippen MR) is 73.9 cm³/mol. The average molecular weight is 224 g/mol. The van der Waals surface area contributed by atoms with Crippen LogP contribution in [-0.4, -0.2) is 12.8 Å². The number of aliphatic imine (C=N–C) groups is 1. The van der Waals surface area contributed by atoms with Crippen LogP contribution in [0.4, 0.5) is 0 Å². The van der Waals surface area contributed by atoms with Gasteiger partial charge >= 0.3 is 0 Å². The third-order valence-electron chi connectivity index (χ3n) is 2.89. The molecule has 2 N–H and O–H groups in total. The molecule has 0 spiro atoms. The van der Waals surface area contributed by atoms with Crippen LogP contribution in [0.2, 0.25) is 0 Å². The fraction of sp³-hybridized carbons (Fsp3) is 0.133. The third kappa shape index (κ3) is 2.27. The molecule has 17 heavy (non-hydrogen) atoms. The minimum atomic E-state index is 0.571. The van der Waals surface area contributed by atoms with Gasteiger partial charge in [0, 0.05) is 19.2 Å². The molecule has 0 radical (unpaired) electrons. The molecule has 1 aromatic carbocycles. The largest absolute Gasteiger partial charge is 0.326 e. The maximum Gasteiger partial charge on any atom is 0.0643 e. The first-order valence-corrected chi connectivity index (χ1v) is 5.60. The fourth-order valence-electron chi connectivity index (χ4n) is 1.87. The second-order valence-corrected chi connectivity index (χ2v) is 3.93. The topological polar surface area (TPSA) is 38.4 Å². The van der Waals surface area contributed by atoms with Crippen LogP contribution in [0, 0.1) is 0 Å². The van der Waals surface area contributed by atoms with Crippen LogP contribution in [0.15, 0.2) is 59.6 Å². The summed E-state index contributed by atoms with van der Waals surface area (Å²) in [6.07, 6.45) is 6.04. The average Bonchev–Trinajstić information content (AvgIpc) is 2.39. The monoisotopic (exact) mass is 224 g/mol. The van der Waals surface area contributed by atoms with Crippen LogP contribution in [0.25, 0.3) is 5.57 Å². The molecule has 0 aromatic heterocycles. The molecular weight excluding hydrogens is 208 g/mol. The molecule has 0 unspecified atom stereocenters. The number of rotatable bonds is 2. The lowest BCUT2D eigenvalue weighted by Crippen LogP contribution is -2.04. The summed E-state index contributed by atoms with van der Waals surface area (Å²) in [5.74, 6) is 0. The van der Waals surface area contributed by atoms with Gasteiger partial charge < -0.3 is 5.73 Å². The number of hydrogen-bond acceptors (Lipinski definition) is 2. The quantitative estimate of drug-likeness (QED) is 0.824. The van der Waals surface area contributed by atoms with Gasteiger partial charge in [0.05, 0.1) is 5.71 Å². The van der Waals surface area contributed by atoms with Crippen molar-refractivity contribution in [3.05, 3.63) is 65.8 Å². The summed E-state index contributed by atoms with van der Waals surface area (Å²) < 4.78 is 0. The molecule has 86 valence electrons. The molecule has 1 aliphatic carbocycles. The highest BCUT2D eigenvalue weighted by Crippen LogP contribution is 2.26. The van der Waals surface area contributed by atoms with Crippen LogP contribution in [0.3, 0.4) is 0 Å². The summed E-state index contributed by atoms with van der Waals surface area (Å²) in [5.41, 5.74) is 10.9. The van der Waals surface area contributed by atoms with E-state index in [0.717, 1.165) is 28.0 Å². The molecule has 0 bridgehead atoms. The van der Waals surface area contributed by atoms with E-state index in [1.165, 1.54) is 0 Å². The maximum absolute atomic E-state index is 5.59. The van der Waals surface area contributed by atoms with Crippen LogP contribution < -0.4 is 5.73 Å². The molecular formula is C15H16N2. The summed E-state index contributed by atoms with van der Waals surface area (Å²) in [5, 5.41) is 0. The Labute approximate surface area is 102 Å². The Bertz CT molecular complexity index is 516. The summed E-state index contributed by atoms with van der Waals surface area (Å²) in [6.45, 7) is 4.66. The standard InChI is InChI=1S/C15H16N2/c1-11-14(4-3-5-15(11)17-2)13-8-6-12(10-16)7-9-13/h3-9H,1,10,16H2,2H3/b17-15-. The summed E-state index contributed by atoms with van der Waals surface area (Å²) in [6, 6.07) is 8.24. The summed E-state index contributed by atoms with van der Waals surface area (Å²) >= 11 is 0. The molecule has 2 heteroatoms. The minimum absolute atomic E-state index is 0.571. The third-order valence-corrected chi connectivity index (χ3v) is 2.89. The Morgan fingerprint density at radius 1 is 1.24 bits per heavy atom. The van der Waals surface area contributed by atoms with E-state index in [1.54, 1.807) is 7.05 Å². The van der Waals surface area contributed by atoms with E-state index < -0.39 is 0 Å². The first kappa shape index (κ1) is 11.6. The van der Waals surface area contributed by atoms with Crippen molar-refractivity contribution in [2.75, 3.05) is 7.05 Å². The van der Waals surface area contributed by atoms with Crippen LogP contribution >= 0.6 is 0 Å². The van der Waals surface area contributed by atoms with Gasteiger partial charge in [0.25, 0.3) is 0 Å². The van der Waals surface area contributed by atoms with Gasteiger partial charge in [0.1, 0.15) is 0 Å². The van der Waals surface area contributed by atoms with Gasteiger partial charge in [-0.1, -0.05) is 43.0 Å². The van der Waals surface area contributed by atoms with Gasteiger partial charge in [0.15, 0.2) is 0 Å². The molecule has 1 aliphatic rings. The van der Waals surface area contributed by atoms with Crippen LogP contribution in [0.5, 0.6) is 0 Å². The van der Waals surface area contributed by atoms with Crippen molar-refractivity contribution in [2.45, 2.75) is 6.54 Å². The lowest BCUT2D eigenvalue weighted by molar-refractivity contribution is 1.07. The van der Waals surface area contributed by atoms with Crippen molar-refractivity contribution in [1.29, 1.82) is 0 Å². The van der Waals surface area contributed by atoms with Gasteiger partial charge in [-0.2, -0.15) is 0 Å².